The Balaban J connectivity index is 2.76. The predicted octanol–water partition coefficient (Wildman–Crippen LogP) is 2.09. The number of nitrogens with one attached hydrogen (secondary N) is 1. The summed E-state index contributed by atoms with van der Waals surface area (Å²) in [5.74, 6) is -0.0307. The number of hydrogen-bond acceptors (Lipinski definition) is 2. The Labute approximate surface area is 95.6 Å². The van der Waals surface area contributed by atoms with Crippen molar-refractivity contribution in [2.45, 2.75) is 26.7 Å². The smallest absolute Gasteiger partial charge is 0.270 e. The summed E-state index contributed by atoms with van der Waals surface area (Å²) in [6, 6.07) is 3.28. The highest BCUT2D eigenvalue weighted by Gasteiger charge is 2.15. The number of nitrogens with zero attached hydrogens (tertiary/aromatic N) is 1. The maximum atomic E-state index is 12.0. The minimum Gasteiger partial charge on any atom is -0.348 e. The van der Waals surface area contributed by atoms with Crippen LogP contribution in [0.2, 0.25) is 0 Å². The fourth-order valence-corrected chi connectivity index (χ4v) is 1.63. The SMILES string of the molecule is CCCN(CCC)C(=O)c1ccc(C=O)[nH]1. The lowest BCUT2D eigenvalue weighted by Crippen LogP contribution is -2.32. The number of carbonyl (C=O) groups excluding carboxylic acids is 2. The molecule has 0 unspecified atom stereocenters. The fraction of sp³-hybridized carbons (Fsp3) is 0.500. The van der Waals surface area contributed by atoms with Crippen LogP contribution in [0.3, 0.4) is 0 Å². The van der Waals surface area contributed by atoms with Gasteiger partial charge in [0.25, 0.3) is 5.91 Å². The Morgan fingerprint density at radius 3 is 2.38 bits per heavy atom. The van der Waals surface area contributed by atoms with Gasteiger partial charge in [-0.15, -0.1) is 0 Å². The summed E-state index contributed by atoms with van der Waals surface area (Å²) >= 11 is 0. The molecule has 4 nitrogen and oxygen atoms in total. The van der Waals surface area contributed by atoms with E-state index in [0.29, 0.717) is 17.7 Å². The molecular weight excluding hydrogens is 204 g/mol. The lowest BCUT2D eigenvalue weighted by atomic mass is 10.3. The van der Waals surface area contributed by atoms with Crippen LogP contribution in [0, 0.1) is 0 Å². The summed E-state index contributed by atoms with van der Waals surface area (Å²) < 4.78 is 0. The molecule has 0 spiro atoms. The highest BCUT2D eigenvalue weighted by molar-refractivity contribution is 5.93. The van der Waals surface area contributed by atoms with E-state index >= 15 is 0 Å². The zero-order valence-corrected chi connectivity index (χ0v) is 9.82. The number of hydrogen-bond donors (Lipinski definition) is 1. The van der Waals surface area contributed by atoms with Crippen LogP contribution in [-0.2, 0) is 0 Å². The third-order valence-electron chi connectivity index (χ3n) is 2.34. The Morgan fingerprint density at radius 1 is 1.31 bits per heavy atom. The van der Waals surface area contributed by atoms with E-state index in [1.54, 1.807) is 17.0 Å². The van der Waals surface area contributed by atoms with Crippen molar-refractivity contribution in [2.24, 2.45) is 0 Å². The maximum Gasteiger partial charge on any atom is 0.270 e. The molecule has 1 aromatic rings. The minimum atomic E-state index is -0.0307. The fourth-order valence-electron chi connectivity index (χ4n) is 1.63. The Bertz CT molecular complexity index is 352. The largest absolute Gasteiger partial charge is 0.348 e. The molecule has 1 N–H and O–H groups in total. The molecule has 4 heteroatoms. The van der Waals surface area contributed by atoms with E-state index in [2.05, 4.69) is 4.98 Å². The summed E-state index contributed by atoms with van der Waals surface area (Å²) in [5.41, 5.74) is 0.931. The van der Waals surface area contributed by atoms with Gasteiger partial charge in [0, 0.05) is 13.1 Å². The molecule has 0 saturated carbocycles. The lowest BCUT2D eigenvalue weighted by Gasteiger charge is -2.20. The summed E-state index contributed by atoms with van der Waals surface area (Å²) in [7, 11) is 0. The monoisotopic (exact) mass is 222 g/mol. The van der Waals surface area contributed by atoms with Gasteiger partial charge in [-0.2, -0.15) is 0 Å². The van der Waals surface area contributed by atoms with Crippen molar-refractivity contribution in [3.8, 4) is 0 Å². The molecule has 1 amide bonds. The molecule has 0 bridgehead atoms. The highest BCUT2D eigenvalue weighted by atomic mass is 16.2. The van der Waals surface area contributed by atoms with Gasteiger partial charge in [-0.1, -0.05) is 13.8 Å². The molecule has 0 atom stereocenters. The second-order valence-electron chi connectivity index (χ2n) is 3.74. The number of amides is 1. The molecule has 1 aromatic heterocycles. The van der Waals surface area contributed by atoms with Gasteiger partial charge < -0.3 is 9.88 Å². The van der Waals surface area contributed by atoms with E-state index in [1.807, 2.05) is 13.8 Å². The average molecular weight is 222 g/mol. The summed E-state index contributed by atoms with van der Waals surface area (Å²) in [6.45, 7) is 5.59. The first-order valence-corrected chi connectivity index (χ1v) is 5.66. The number of H-pyrrole nitrogens is 1. The molecule has 0 aliphatic rings. The molecule has 0 saturated heterocycles. The van der Waals surface area contributed by atoms with Gasteiger partial charge in [-0.3, -0.25) is 9.59 Å². The van der Waals surface area contributed by atoms with Crippen LogP contribution in [0.1, 0.15) is 47.7 Å². The van der Waals surface area contributed by atoms with Crippen LogP contribution in [0.15, 0.2) is 12.1 Å². The van der Waals surface area contributed by atoms with Gasteiger partial charge in [0.1, 0.15) is 5.69 Å². The van der Waals surface area contributed by atoms with Crippen LogP contribution in [0.4, 0.5) is 0 Å². The van der Waals surface area contributed by atoms with Gasteiger partial charge in [0.05, 0.1) is 5.69 Å². The van der Waals surface area contributed by atoms with Crippen molar-refractivity contribution < 1.29 is 9.59 Å². The zero-order valence-electron chi connectivity index (χ0n) is 9.82. The Hall–Kier alpha value is -1.58. The van der Waals surface area contributed by atoms with Crippen LogP contribution in [0.5, 0.6) is 0 Å². The van der Waals surface area contributed by atoms with Crippen LogP contribution in [-0.4, -0.2) is 35.2 Å². The molecule has 0 radical (unpaired) electrons. The lowest BCUT2D eigenvalue weighted by molar-refractivity contribution is 0.0750. The van der Waals surface area contributed by atoms with Crippen molar-refractivity contribution in [3.05, 3.63) is 23.5 Å². The quantitative estimate of drug-likeness (QED) is 0.749. The Kier molecular flexibility index (Phi) is 4.76. The first-order valence-electron chi connectivity index (χ1n) is 5.66. The topological polar surface area (TPSA) is 53.2 Å². The number of aldehydes is 1. The van der Waals surface area contributed by atoms with E-state index < -0.39 is 0 Å². The first-order chi connectivity index (χ1) is 7.72. The standard InChI is InChI=1S/C12H18N2O2/c1-3-7-14(8-4-2)12(16)11-6-5-10(9-15)13-11/h5-6,9,13H,3-4,7-8H2,1-2H3. The van der Waals surface area contributed by atoms with Crippen molar-refractivity contribution in [3.63, 3.8) is 0 Å². The van der Waals surface area contributed by atoms with Gasteiger partial charge in [0.15, 0.2) is 6.29 Å². The summed E-state index contributed by atoms with van der Waals surface area (Å²) in [4.78, 5) is 27.1. The van der Waals surface area contributed by atoms with E-state index in [1.165, 1.54) is 0 Å². The third-order valence-corrected chi connectivity index (χ3v) is 2.34. The molecule has 1 rings (SSSR count). The molecule has 1 heterocycles. The Morgan fingerprint density at radius 2 is 1.94 bits per heavy atom. The molecular formula is C12H18N2O2. The van der Waals surface area contributed by atoms with Crippen LogP contribution < -0.4 is 0 Å². The van der Waals surface area contributed by atoms with Crippen LogP contribution in [0.25, 0.3) is 0 Å². The number of carbonyl (C=O) groups is 2. The van der Waals surface area contributed by atoms with Gasteiger partial charge in [0.2, 0.25) is 0 Å². The van der Waals surface area contributed by atoms with Crippen molar-refractivity contribution >= 4 is 12.2 Å². The second-order valence-corrected chi connectivity index (χ2v) is 3.74. The highest BCUT2D eigenvalue weighted by Crippen LogP contribution is 2.06. The minimum absolute atomic E-state index is 0.0307. The maximum absolute atomic E-state index is 12.0. The number of rotatable bonds is 6. The molecule has 0 aromatic carbocycles. The number of aromatic amines is 1. The molecule has 88 valence electrons. The van der Waals surface area contributed by atoms with E-state index in [0.717, 1.165) is 25.9 Å². The van der Waals surface area contributed by atoms with Crippen molar-refractivity contribution in [1.29, 1.82) is 0 Å². The molecule has 16 heavy (non-hydrogen) atoms. The molecule has 0 aliphatic heterocycles. The van der Waals surface area contributed by atoms with E-state index in [4.69, 9.17) is 0 Å². The predicted molar refractivity (Wildman–Crippen MR) is 62.7 cm³/mol. The first kappa shape index (κ1) is 12.5. The summed E-state index contributed by atoms with van der Waals surface area (Å²) in [5, 5.41) is 0. The second kappa shape index (κ2) is 6.10. The third kappa shape index (κ3) is 2.95. The van der Waals surface area contributed by atoms with Gasteiger partial charge in [-0.25, -0.2) is 0 Å². The average Bonchev–Trinajstić information content (AvgIpc) is 2.76. The van der Waals surface area contributed by atoms with Crippen LogP contribution >= 0.6 is 0 Å². The van der Waals surface area contributed by atoms with Gasteiger partial charge >= 0.3 is 0 Å². The zero-order chi connectivity index (χ0) is 12.0. The van der Waals surface area contributed by atoms with E-state index in [-0.39, 0.29) is 5.91 Å². The summed E-state index contributed by atoms with van der Waals surface area (Å²) in [6.07, 6.45) is 2.58. The van der Waals surface area contributed by atoms with E-state index in [9.17, 15) is 9.59 Å². The molecule has 0 fully saturated rings. The van der Waals surface area contributed by atoms with Gasteiger partial charge in [-0.05, 0) is 25.0 Å². The number of aromatic nitrogens is 1. The van der Waals surface area contributed by atoms with Crippen molar-refractivity contribution in [1.82, 2.24) is 9.88 Å². The normalized spacial score (nSPS) is 10.1. The molecule has 0 aliphatic carbocycles. The van der Waals surface area contributed by atoms with Crippen molar-refractivity contribution in [2.75, 3.05) is 13.1 Å².